The normalized spacial score (nSPS) is 25.5. The van der Waals surface area contributed by atoms with E-state index in [9.17, 15) is 0 Å². The van der Waals surface area contributed by atoms with Crippen LogP contribution < -0.4 is 0 Å². The highest BCUT2D eigenvalue weighted by Crippen LogP contribution is 2.46. The maximum atomic E-state index is 2.43. The second-order valence-corrected chi connectivity index (χ2v) is 4.88. The summed E-state index contributed by atoms with van der Waals surface area (Å²) in [6.45, 7) is 0. The monoisotopic (exact) mass is 206 g/mol. The lowest BCUT2D eigenvalue weighted by Crippen LogP contribution is -2.14. The first-order chi connectivity index (χ1) is 7.93. The van der Waals surface area contributed by atoms with Crippen molar-refractivity contribution in [2.45, 2.75) is 25.7 Å². The quantitative estimate of drug-likeness (QED) is 0.558. The first kappa shape index (κ1) is 8.58. The maximum absolute atomic E-state index is 2.43. The summed E-state index contributed by atoms with van der Waals surface area (Å²) in [5.41, 5.74) is 9.35. The van der Waals surface area contributed by atoms with Crippen LogP contribution in [0.3, 0.4) is 0 Å². The van der Waals surface area contributed by atoms with Crippen LogP contribution in [0.4, 0.5) is 0 Å². The van der Waals surface area contributed by atoms with E-state index in [0.717, 1.165) is 25.7 Å². The average Bonchev–Trinajstić information content (AvgIpc) is 2.36. The zero-order valence-electron chi connectivity index (χ0n) is 9.29. The molecule has 0 heterocycles. The minimum Gasteiger partial charge on any atom is -0.0798 e. The average molecular weight is 206 g/mol. The molecule has 0 fully saturated rings. The van der Waals surface area contributed by atoms with Gasteiger partial charge in [0, 0.05) is 0 Å². The predicted molar refractivity (Wildman–Crippen MR) is 67.0 cm³/mol. The van der Waals surface area contributed by atoms with E-state index in [0.29, 0.717) is 0 Å². The van der Waals surface area contributed by atoms with Gasteiger partial charge in [0.05, 0.1) is 0 Å². The van der Waals surface area contributed by atoms with Crippen LogP contribution in [0, 0.1) is 0 Å². The van der Waals surface area contributed by atoms with Gasteiger partial charge in [-0.3, -0.25) is 0 Å². The summed E-state index contributed by atoms with van der Waals surface area (Å²) in [5, 5.41) is 0. The number of hydrogen-bond donors (Lipinski definition) is 0. The van der Waals surface area contributed by atoms with Gasteiger partial charge in [0.15, 0.2) is 0 Å². The van der Waals surface area contributed by atoms with E-state index in [-0.39, 0.29) is 0 Å². The Morgan fingerprint density at radius 3 is 1.62 bits per heavy atom. The van der Waals surface area contributed by atoms with E-state index in [2.05, 4.69) is 36.5 Å². The third-order valence-corrected chi connectivity index (χ3v) is 3.98. The smallest absolute Gasteiger partial charge is 0.00851 e. The topological polar surface area (TPSA) is 0 Å². The standard InChI is InChI=1S/C16H14/c1-3-11-7-9-13-5-2-6-14-10-8-12(4-1)15(11)16(13)14/h1-3,6,8-9H,4-5,7,10H2. The first-order valence-corrected chi connectivity index (χ1v) is 6.12. The van der Waals surface area contributed by atoms with E-state index in [1.165, 1.54) is 11.1 Å². The van der Waals surface area contributed by atoms with Gasteiger partial charge in [-0.25, -0.2) is 0 Å². The Bertz CT molecular complexity index is 505. The van der Waals surface area contributed by atoms with Crippen molar-refractivity contribution in [2.75, 3.05) is 0 Å². The second kappa shape index (κ2) is 2.98. The lowest BCUT2D eigenvalue weighted by atomic mass is 9.71. The zero-order chi connectivity index (χ0) is 10.5. The van der Waals surface area contributed by atoms with E-state index in [1.807, 2.05) is 0 Å². The third-order valence-electron chi connectivity index (χ3n) is 3.98. The summed E-state index contributed by atoms with van der Waals surface area (Å²) in [6.07, 6.45) is 18.7. The van der Waals surface area contributed by atoms with Gasteiger partial charge in [0.25, 0.3) is 0 Å². The summed E-state index contributed by atoms with van der Waals surface area (Å²) in [5.74, 6) is 0. The SMILES string of the molecule is C1=CC2=C3C(=CCC4=C3C(=CC2)CC=C4)C1. The molecule has 0 aromatic heterocycles. The van der Waals surface area contributed by atoms with Crippen molar-refractivity contribution < 1.29 is 0 Å². The van der Waals surface area contributed by atoms with Gasteiger partial charge in [-0.05, 0) is 59.1 Å². The summed E-state index contributed by atoms with van der Waals surface area (Å²) >= 11 is 0. The number of rotatable bonds is 0. The van der Waals surface area contributed by atoms with Gasteiger partial charge in [0.2, 0.25) is 0 Å². The van der Waals surface area contributed by atoms with Gasteiger partial charge in [-0.2, -0.15) is 0 Å². The van der Waals surface area contributed by atoms with Crippen molar-refractivity contribution in [1.29, 1.82) is 0 Å². The Hall–Kier alpha value is -1.56. The first-order valence-electron chi connectivity index (χ1n) is 6.12. The molecule has 4 aliphatic carbocycles. The Labute approximate surface area is 96.1 Å². The minimum absolute atomic E-state index is 1.13. The van der Waals surface area contributed by atoms with Crippen molar-refractivity contribution in [1.82, 2.24) is 0 Å². The molecule has 0 aromatic rings. The van der Waals surface area contributed by atoms with E-state index < -0.39 is 0 Å². The summed E-state index contributed by atoms with van der Waals surface area (Å²) in [4.78, 5) is 0. The fourth-order valence-electron chi connectivity index (χ4n) is 3.26. The molecule has 0 amide bonds. The Kier molecular flexibility index (Phi) is 1.59. The molecule has 78 valence electrons. The lowest BCUT2D eigenvalue weighted by molar-refractivity contribution is 0.972. The van der Waals surface area contributed by atoms with Gasteiger partial charge in [0.1, 0.15) is 0 Å². The number of allylic oxidation sites excluding steroid dienone is 12. The Balaban J connectivity index is 2.02. The van der Waals surface area contributed by atoms with Crippen molar-refractivity contribution in [3.8, 4) is 0 Å². The van der Waals surface area contributed by atoms with Crippen LogP contribution in [0.2, 0.25) is 0 Å². The third kappa shape index (κ3) is 0.996. The predicted octanol–water partition coefficient (Wildman–Crippen LogP) is 4.16. The zero-order valence-corrected chi connectivity index (χ0v) is 9.29. The Morgan fingerprint density at radius 2 is 1.12 bits per heavy atom. The molecule has 0 aliphatic heterocycles. The van der Waals surface area contributed by atoms with Crippen LogP contribution in [-0.2, 0) is 0 Å². The van der Waals surface area contributed by atoms with Crippen molar-refractivity contribution in [2.24, 2.45) is 0 Å². The van der Waals surface area contributed by atoms with Crippen LogP contribution in [0.25, 0.3) is 0 Å². The van der Waals surface area contributed by atoms with Crippen LogP contribution in [0.1, 0.15) is 25.7 Å². The molecule has 0 bridgehead atoms. The van der Waals surface area contributed by atoms with Crippen LogP contribution >= 0.6 is 0 Å². The van der Waals surface area contributed by atoms with E-state index in [1.54, 1.807) is 22.3 Å². The fraction of sp³-hybridized carbons (Fsp3) is 0.250. The van der Waals surface area contributed by atoms with Gasteiger partial charge >= 0.3 is 0 Å². The summed E-state index contributed by atoms with van der Waals surface area (Å²) in [6, 6.07) is 0. The molecule has 0 saturated carbocycles. The highest BCUT2D eigenvalue weighted by atomic mass is 14.3. The highest BCUT2D eigenvalue weighted by molar-refractivity contribution is 5.70. The van der Waals surface area contributed by atoms with Crippen molar-refractivity contribution in [3.05, 3.63) is 69.9 Å². The molecule has 0 spiro atoms. The van der Waals surface area contributed by atoms with Crippen LogP contribution in [-0.4, -0.2) is 0 Å². The Morgan fingerprint density at radius 1 is 0.625 bits per heavy atom. The maximum Gasteiger partial charge on any atom is -0.00851 e. The molecule has 4 rings (SSSR count). The van der Waals surface area contributed by atoms with Crippen LogP contribution in [0.15, 0.2) is 69.9 Å². The van der Waals surface area contributed by atoms with Crippen molar-refractivity contribution in [3.63, 3.8) is 0 Å². The molecular formula is C16H14. The molecule has 16 heavy (non-hydrogen) atoms. The van der Waals surface area contributed by atoms with E-state index in [4.69, 9.17) is 0 Å². The molecular weight excluding hydrogens is 192 g/mol. The minimum atomic E-state index is 1.13. The lowest BCUT2D eigenvalue weighted by Gasteiger charge is -2.33. The van der Waals surface area contributed by atoms with Crippen molar-refractivity contribution >= 4 is 0 Å². The second-order valence-electron chi connectivity index (χ2n) is 4.88. The largest absolute Gasteiger partial charge is 0.0798 e. The summed E-state index contributed by atoms with van der Waals surface area (Å²) < 4.78 is 0. The number of hydrogen-bond acceptors (Lipinski definition) is 0. The molecule has 0 heteroatoms. The summed E-state index contributed by atoms with van der Waals surface area (Å²) in [7, 11) is 0. The van der Waals surface area contributed by atoms with Gasteiger partial charge in [-0.15, -0.1) is 0 Å². The van der Waals surface area contributed by atoms with E-state index >= 15 is 0 Å². The van der Waals surface area contributed by atoms with Gasteiger partial charge < -0.3 is 0 Å². The molecule has 0 unspecified atom stereocenters. The highest BCUT2D eigenvalue weighted by Gasteiger charge is 2.28. The molecule has 0 saturated heterocycles. The molecule has 0 nitrogen and oxygen atoms in total. The fourth-order valence-corrected chi connectivity index (χ4v) is 3.26. The van der Waals surface area contributed by atoms with Gasteiger partial charge in [-0.1, -0.05) is 36.5 Å². The molecule has 0 aromatic carbocycles. The molecule has 4 aliphatic rings. The molecule has 0 radical (unpaired) electrons. The van der Waals surface area contributed by atoms with Crippen LogP contribution in [0.5, 0.6) is 0 Å². The molecule has 0 atom stereocenters. The molecule has 0 N–H and O–H groups in total.